The van der Waals surface area contributed by atoms with Gasteiger partial charge in [0.05, 0.1) is 10.6 Å². The van der Waals surface area contributed by atoms with Crippen LogP contribution in [0.4, 0.5) is 5.69 Å². The van der Waals surface area contributed by atoms with Crippen LogP contribution in [0, 0.1) is 0 Å². The molecular weight excluding hydrogens is 386 g/mol. The molecule has 0 saturated heterocycles. The fraction of sp³-hybridized carbons (Fsp3) is 0.136. The predicted octanol–water partition coefficient (Wildman–Crippen LogP) is 5.87. The van der Waals surface area contributed by atoms with Crippen LogP contribution in [-0.2, 0) is 4.79 Å². The summed E-state index contributed by atoms with van der Waals surface area (Å²) in [6.45, 7) is 2.02. The Morgan fingerprint density at radius 2 is 1.79 bits per heavy atom. The Kier molecular flexibility index (Phi) is 5.69. The van der Waals surface area contributed by atoms with Crippen LogP contribution in [0.15, 0.2) is 77.4 Å². The number of nitrogens with zero attached hydrogens (tertiary/aromatic N) is 2. The van der Waals surface area contributed by atoms with Crippen molar-refractivity contribution in [1.29, 1.82) is 0 Å². The number of fused-ring (bicyclic) bond motifs is 1. The molecule has 0 spiro atoms. The molecule has 0 radical (unpaired) electrons. The maximum atomic E-state index is 12.8. The van der Waals surface area contributed by atoms with E-state index in [0.29, 0.717) is 6.42 Å². The fourth-order valence-corrected chi connectivity index (χ4v) is 4.98. The summed E-state index contributed by atoms with van der Waals surface area (Å²) in [5, 5.41) is 6.75. The number of carbonyl (C=O) groups excluding carboxylic acids is 1. The average molecular weight is 406 g/mol. The van der Waals surface area contributed by atoms with E-state index in [2.05, 4.69) is 32.8 Å². The smallest absolute Gasteiger partial charge is 0.237 e. The molecule has 0 aliphatic heterocycles. The Labute approximate surface area is 172 Å². The quantitative estimate of drug-likeness (QED) is 0.322. The third-order valence-corrected chi connectivity index (χ3v) is 6.63. The van der Waals surface area contributed by atoms with Crippen LogP contribution in [0.1, 0.15) is 13.3 Å². The van der Waals surface area contributed by atoms with Gasteiger partial charge < -0.3 is 5.32 Å². The fourth-order valence-electron chi connectivity index (χ4n) is 2.97. The van der Waals surface area contributed by atoms with Crippen molar-refractivity contribution in [2.75, 3.05) is 5.32 Å². The average Bonchev–Trinajstić information content (AvgIpc) is 3.18. The van der Waals surface area contributed by atoms with Crippen molar-refractivity contribution < 1.29 is 4.79 Å². The number of thiophene rings is 1. The SMILES string of the molecule is CCC(Sc1ncnc2scc(-c3ccccc3)c12)C(=O)Nc1ccccc1. The minimum Gasteiger partial charge on any atom is -0.325 e. The molecule has 6 heteroatoms. The zero-order chi connectivity index (χ0) is 19.3. The number of aromatic nitrogens is 2. The Morgan fingerprint density at radius 1 is 1.07 bits per heavy atom. The third kappa shape index (κ3) is 3.93. The van der Waals surface area contributed by atoms with Crippen molar-refractivity contribution in [3.8, 4) is 11.1 Å². The first kappa shape index (κ1) is 18.7. The van der Waals surface area contributed by atoms with Crippen LogP contribution in [0.25, 0.3) is 21.3 Å². The second-order valence-electron chi connectivity index (χ2n) is 6.24. The first-order valence-corrected chi connectivity index (χ1v) is 10.8. The summed E-state index contributed by atoms with van der Waals surface area (Å²) in [4.78, 5) is 22.7. The molecule has 140 valence electrons. The van der Waals surface area contributed by atoms with Crippen molar-refractivity contribution in [1.82, 2.24) is 9.97 Å². The number of anilines is 1. The van der Waals surface area contributed by atoms with Crippen LogP contribution < -0.4 is 5.32 Å². The second kappa shape index (κ2) is 8.54. The monoisotopic (exact) mass is 405 g/mol. The van der Waals surface area contributed by atoms with E-state index < -0.39 is 0 Å². The minimum atomic E-state index is -0.234. The highest BCUT2D eigenvalue weighted by Gasteiger charge is 2.22. The summed E-state index contributed by atoms with van der Waals surface area (Å²) >= 11 is 3.11. The van der Waals surface area contributed by atoms with Crippen LogP contribution >= 0.6 is 23.1 Å². The van der Waals surface area contributed by atoms with Gasteiger partial charge >= 0.3 is 0 Å². The van der Waals surface area contributed by atoms with Crippen LogP contribution in [0.3, 0.4) is 0 Å². The maximum absolute atomic E-state index is 12.8. The molecule has 1 unspecified atom stereocenters. The molecule has 1 amide bonds. The van der Waals surface area contributed by atoms with E-state index in [1.807, 2.05) is 55.5 Å². The molecule has 0 aliphatic rings. The topological polar surface area (TPSA) is 54.9 Å². The molecule has 28 heavy (non-hydrogen) atoms. The molecule has 0 aliphatic carbocycles. The Balaban J connectivity index is 1.65. The van der Waals surface area contributed by atoms with Crippen LogP contribution in [0.5, 0.6) is 0 Å². The van der Waals surface area contributed by atoms with Gasteiger partial charge in [-0.15, -0.1) is 11.3 Å². The highest BCUT2D eigenvalue weighted by atomic mass is 32.2. The lowest BCUT2D eigenvalue weighted by Gasteiger charge is -2.15. The number of benzene rings is 2. The normalized spacial score (nSPS) is 12.0. The lowest BCUT2D eigenvalue weighted by atomic mass is 10.1. The molecule has 2 aromatic carbocycles. The first-order chi connectivity index (χ1) is 13.8. The molecule has 1 N–H and O–H groups in total. The number of thioether (sulfide) groups is 1. The highest BCUT2D eigenvalue weighted by Crippen LogP contribution is 2.39. The summed E-state index contributed by atoms with van der Waals surface area (Å²) in [5.74, 6) is -0.0121. The van der Waals surface area contributed by atoms with E-state index in [1.54, 1.807) is 17.7 Å². The van der Waals surface area contributed by atoms with Crippen molar-refractivity contribution >= 4 is 44.9 Å². The molecule has 2 aromatic heterocycles. The highest BCUT2D eigenvalue weighted by molar-refractivity contribution is 8.00. The summed E-state index contributed by atoms with van der Waals surface area (Å²) in [6.07, 6.45) is 2.29. The zero-order valence-corrected chi connectivity index (χ0v) is 17.0. The van der Waals surface area contributed by atoms with Gasteiger partial charge in [0.1, 0.15) is 16.2 Å². The van der Waals surface area contributed by atoms with Crippen molar-refractivity contribution in [2.24, 2.45) is 0 Å². The standard InChI is InChI=1S/C22H19N3OS2/c1-2-18(20(26)25-16-11-7-4-8-12-16)28-22-19-17(15-9-5-3-6-10-15)13-27-21(19)23-14-24-22/h3-14,18H,2H2,1H3,(H,25,26). The summed E-state index contributed by atoms with van der Waals surface area (Å²) in [5.41, 5.74) is 3.05. The van der Waals surface area contributed by atoms with Gasteiger partial charge in [0.2, 0.25) is 5.91 Å². The first-order valence-electron chi connectivity index (χ1n) is 9.06. The molecule has 0 bridgehead atoms. The van der Waals surface area contributed by atoms with Gasteiger partial charge in [-0.2, -0.15) is 0 Å². The third-order valence-electron chi connectivity index (χ3n) is 4.38. The molecule has 0 fully saturated rings. The maximum Gasteiger partial charge on any atom is 0.237 e. The van der Waals surface area contributed by atoms with E-state index in [-0.39, 0.29) is 11.2 Å². The largest absolute Gasteiger partial charge is 0.325 e. The van der Waals surface area contributed by atoms with E-state index in [9.17, 15) is 4.79 Å². The lowest BCUT2D eigenvalue weighted by molar-refractivity contribution is -0.115. The molecular formula is C22H19N3OS2. The number of nitrogens with one attached hydrogen (secondary N) is 1. The van der Waals surface area contributed by atoms with Gasteiger partial charge in [-0.1, -0.05) is 67.2 Å². The van der Waals surface area contributed by atoms with E-state index in [0.717, 1.165) is 32.1 Å². The van der Waals surface area contributed by atoms with Crippen molar-refractivity contribution in [2.45, 2.75) is 23.6 Å². The molecule has 4 nitrogen and oxygen atoms in total. The van der Waals surface area contributed by atoms with Gasteiger partial charge in [-0.05, 0) is 24.1 Å². The number of hydrogen-bond acceptors (Lipinski definition) is 5. The number of carbonyl (C=O) groups is 1. The van der Waals surface area contributed by atoms with E-state index in [4.69, 9.17) is 0 Å². The predicted molar refractivity (Wildman–Crippen MR) is 118 cm³/mol. The van der Waals surface area contributed by atoms with Crippen molar-refractivity contribution in [3.05, 3.63) is 72.4 Å². The van der Waals surface area contributed by atoms with E-state index in [1.165, 1.54) is 11.8 Å². The minimum absolute atomic E-state index is 0.0121. The number of hydrogen-bond donors (Lipinski definition) is 1. The number of rotatable bonds is 6. The Morgan fingerprint density at radius 3 is 2.50 bits per heavy atom. The number of para-hydroxylation sites is 1. The lowest BCUT2D eigenvalue weighted by Crippen LogP contribution is -2.24. The Bertz CT molecular complexity index is 1080. The Hall–Kier alpha value is -2.70. The molecule has 1 atom stereocenters. The van der Waals surface area contributed by atoms with Gasteiger partial charge in [-0.25, -0.2) is 9.97 Å². The summed E-state index contributed by atoms with van der Waals surface area (Å²) in [6, 6.07) is 19.8. The molecule has 2 heterocycles. The van der Waals surface area contributed by atoms with Crippen molar-refractivity contribution in [3.63, 3.8) is 0 Å². The molecule has 4 aromatic rings. The molecule has 4 rings (SSSR count). The second-order valence-corrected chi connectivity index (χ2v) is 8.29. The zero-order valence-electron chi connectivity index (χ0n) is 15.3. The van der Waals surface area contributed by atoms with Crippen LogP contribution in [0.2, 0.25) is 0 Å². The summed E-state index contributed by atoms with van der Waals surface area (Å²) in [7, 11) is 0. The van der Waals surface area contributed by atoms with Gasteiger partial charge in [0.25, 0.3) is 0 Å². The van der Waals surface area contributed by atoms with Crippen LogP contribution in [-0.4, -0.2) is 21.1 Å². The summed E-state index contributed by atoms with van der Waals surface area (Å²) < 4.78 is 0. The van der Waals surface area contributed by atoms with Gasteiger partial charge in [0, 0.05) is 16.6 Å². The molecule has 0 saturated carbocycles. The van der Waals surface area contributed by atoms with Gasteiger partial charge in [0.15, 0.2) is 0 Å². The van der Waals surface area contributed by atoms with Gasteiger partial charge in [-0.3, -0.25) is 4.79 Å². The van der Waals surface area contributed by atoms with E-state index >= 15 is 0 Å². The number of amides is 1.